The fraction of sp³-hybridized carbons (Fsp3) is 0.312. The SMILES string of the molecule is COc1cc(C(C)(C)c2[nH]c(COc3c(F)cc(C(=O)NCC[N+](C)(C)C)cc3Cl)nc2-c2ccc(F)cc2)ccc1Cl. The second kappa shape index (κ2) is 12.9. The van der Waals surface area contributed by atoms with Crippen LogP contribution in [0.5, 0.6) is 11.5 Å². The smallest absolute Gasteiger partial charge is 0.251 e. The zero-order valence-corrected chi connectivity index (χ0v) is 26.5. The number of carbonyl (C=O) groups is 1. The van der Waals surface area contributed by atoms with Gasteiger partial charge in [0, 0.05) is 16.5 Å². The lowest BCUT2D eigenvalue weighted by molar-refractivity contribution is -0.869. The van der Waals surface area contributed by atoms with Gasteiger partial charge in [0.25, 0.3) is 5.91 Å². The quantitative estimate of drug-likeness (QED) is 0.175. The van der Waals surface area contributed by atoms with E-state index in [1.807, 2.05) is 47.1 Å². The summed E-state index contributed by atoms with van der Waals surface area (Å²) in [5.41, 5.74) is 2.31. The fourth-order valence-corrected chi connectivity index (χ4v) is 4.99. The highest BCUT2D eigenvalue weighted by Gasteiger charge is 2.31. The maximum atomic E-state index is 15.1. The molecule has 0 saturated heterocycles. The summed E-state index contributed by atoms with van der Waals surface area (Å²) in [5, 5.41) is 3.21. The number of hydrogen-bond donors (Lipinski definition) is 2. The third kappa shape index (κ3) is 7.65. The third-order valence-electron chi connectivity index (χ3n) is 7.05. The van der Waals surface area contributed by atoms with Crippen molar-refractivity contribution in [1.29, 1.82) is 0 Å². The lowest BCUT2D eigenvalue weighted by Gasteiger charge is -2.26. The van der Waals surface area contributed by atoms with Crippen LogP contribution in [0.4, 0.5) is 8.78 Å². The van der Waals surface area contributed by atoms with E-state index < -0.39 is 17.1 Å². The number of carbonyl (C=O) groups excluding carboxylic acids is 1. The van der Waals surface area contributed by atoms with Crippen LogP contribution in [0.1, 0.15) is 41.3 Å². The van der Waals surface area contributed by atoms with Gasteiger partial charge in [-0.15, -0.1) is 0 Å². The molecule has 11 heteroatoms. The topological polar surface area (TPSA) is 76.2 Å². The van der Waals surface area contributed by atoms with Gasteiger partial charge in [0.2, 0.25) is 0 Å². The zero-order chi connectivity index (χ0) is 31.5. The molecule has 0 spiro atoms. The average Bonchev–Trinajstić information content (AvgIpc) is 3.37. The second-order valence-corrected chi connectivity index (χ2v) is 12.5. The Balaban J connectivity index is 1.62. The molecule has 0 atom stereocenters. The van der Waals surface area contributed by atoms with Gasteiger partial charge in [-0.05, 0) is 54.1 Å². The minimum absolute atomic E-state index is 0.0455. The number of benzene rings is 3. The molecule has 1 heterocycles. The number of quaternary nitrogens is 1. The summed E-state index contributed by atoms with van der Waals surface area (Å²) < 4.78 is 40.7. The van der Waals surface area contributed by atoms with Gasteiger partial charge in [0.05, 0.1) is 62.8 Å². The molecule has 1 amide bonds. The zero-order valence-electron chi connectivity index (χ0n) is 24.9. The van der Waals surface area contributed by atoms with Crippen LogP contribution < -0.4 is 14.8 Å². The van der Waals surface area contributed by atoms with Gasteiger partial charge in [-0.3, -0.25) is 4.79 Å². The minimum Gasteiger partial charge on any atom is -0.495 e. The third-order valence-corrected chi connectivity index (χ3v) is 7.64. The number of rotatable bonds is 11. The van der Waals surface area contributed by atoms with Crippen LogP contribution in [-0.4, -0.2) is 61.7 Å². The van der Waals surface area contributed by atoms with E-state index in [-0.39, 0.29) is 28.8 Å². The van der Waals surface area contributed by atoms with Crippen LogP contribution in [0.2, 0.25) is 10.0 Å². The highest BCUT2D eigenvalue weighted by molar-refractivity contribution is 6.32. The number of aromatic amines is 1. The number of nitrogens with one attached hydrogen (secondary N) is 2. The van der Waals surface area contributed by atoms with E-state index in [0.29, 0.717) is 45.4 Å². The predicted molar refractivity (Wildman–Crippen MR) is 165 cm³/mol. The number of methoxy groups -OCH3 is 1. The van der Waals surface area contributed by atoms with E-state index in [0.717, 1.165) is 17.3 Å². The van der Waals surface area contributed by atoms with Crippen molar-refractivity contribution in [2.75, 3.05) is 41.3 Å². The Labute approximate surface area is 260 Å². The van der Waals surface area contributed by atoms with Crippen LogP contribution >= 0.6 is 23.2 Å². The highest BCUT2D eigenvalue weighted by Crippen LogP contribution is 2.40. The summed E-state index contributed by atoms with van der Waals surface area (Å²) in [6.45, 7) is 4.98. The summed E-state index contributed by atoms with van der Waals surface area (Å²) in [6.07, 6.45) is 0. The summed E-state index contributed by atoms with van der Waals surface area (Å²) >= 11 is 12.6. The number of aromatic nitrogens is 2. The largest absolute Gasteiger partial charge is 0.495 e. The van der Waals surface area contributed by atoms with Crippen molar-refractivity contribution in [2.45, 2.75) is 25.9 Å². The van der Waals surface area contributed by atoms with Gasteiger partial charge >= 0.3 is 0 Å². The van der Waals surface area contributed by atoms with Crippen LogP contribution in [0.15, 0.2) is 54.6 Å². The van der Waals surface area contributed by atoms with E-state index >= 15 is 4.39 Å². The molecule has 7 nitrogen and oxygen atoms in total. The first kappa shape index (κ1) is 32.3. The van der Waals surface area contributed by atoms with Crippen molar-refractivity contribution in [3.05, 3.63) is 98.9 Å². The first-order valence-corrected chi connectivity index (χ1v) is 14.3. The Hall–Kier alpha value is -3.66. The summed E-state index contributed by atoms with van der Waals surface area (Å²) in [7, 11) is 7.57. The monoisotopic (exact) mass is 631 g/mol. The molecule has 1 aromatic heterocycles. The van der Waals surface area contributed by atoms with E-state index in [4.69, 9.17) is 37.7 Å². The van der Waals surface area contributed by atoms with Crippen LogP contribution in [0.3, 0.4) is 0 Å². The second-order valence-electron chi connectivity index (χ2n) is 11.7. The molecule has 228 valence electrons. The van der Waals surface area contributed by atoms with Crippen LogP contribution in [0.25, 0.3) is 11.3 Å². The van der Waals surface area contributed by atoms with E-state index in [9.17, 15) is 9.18 Å². The van der Waals surface area contributed by atoms with Crippen molar-refractivity contribution >= 4 is 29.1 Å². The minimum atomic E-state index is -0.775. The Morgan fingerprint density at radius 2 is 1.72 bits per heavy atom. The van der Waals surface area contributed by atoms with Gasteiger partial charge in [0.15, 0.2) is 11.6 Å². The first-order valence-electron chi connectivity index (χ1n) is 13.6. The average molecular weight is 633 g/mol. The number of halogens is 4. The lowest BCUT2D eigenvalue weighted by atomic mass is 9.79. The van der Waals surface area contributed by atoms with Crippen LogP contribution in [-0.2, 0) is 12.0 Å². The van der Waals surface area contributed by atoms with E-state index in [1.54, 1.807) is 25.3 Å². The molecular formula is C32H35Cl2F2N4O3+. The molecular weight excluding hydrogens is 597 g/mol. The Bertz CT molecular complexity index is 1590. The van der Waals surface area contributed by atoms with Crippen molar-refractivity contribution in [3.8, 4) is 22.8 Å². The van der Waals surface area contributed by atoms with Crippen molar-refractivity contribution in [1.82, 2.24) is 15.3 Å². The van der Waals surface area contributed by atoms with Crippen molar-refractivity contribution in [3.63, 3.8) is 0 Å². The van der Waals surface area contributed by atoms with Gasteiger partial charge < -0.3 is 24.3 Å². The number of ether oxygens (including phenoxy) is 2. The van der Waals surface area contributed by atoms with Crippen molar-refractivity contribution < 1.29 is 27.5 Å². The number of nitrogens with zero attached hydrogens (tertiary/aromatic N) is 2. The molecule has 4 aromatic rings. The number of imidazole rings is 1. The molecule has 0 aliphatic rings. The normalized spacial score (nSPS) is 11.9. The predicted octanol–water partition coefficient (Wildman–Crippen LogP) is 7.01. The maximum Gasteiger partial charge on any atom is 0.251 e. The Morgan fingerprint density at radius 1 is 1.02 bits per heavy atom. The maximum absolute atomic E-state index is 15.1. The van der Waals surface area contributed by atoms with Gasteiger partial charge in [0.1, 0.15) is 24.0 Å². The van der Waals surface area contributed by atoms with E-state index in [1.165, 1.54) is 18.2 Å². The van der Waals surface area contributed by atoms with Gasteiger partial charge in [-0.25, -0.2) is 13.8 Å². The number of amides is 1. The summed E-state index contributed by atoms with van der Waals surface area (Å²) in [5.74, 6) is -0.866. The molecule has 4 rings (SSSR count). The number of hydrogen-bond acceptors (Lipinski definition) is 4. The molecule has 43 heavy (non-hydrogen) atoms. The molecule has 2 N–H and O–H groups in total. The molecule has 0 aliphatic carbocycles. The van der Waals surface area contributed by atoms with Gasteiger partial charge in [-0.2, -0.15) is 0 Å². The molecule has 0 saturated carbocycles. The molecule has 0 unspecified atom stereocenters. The van der Waals surface area contributed by atoms with Crippen molar-refractivity contribution in [2.24, 2.45) is 0 Å². The van der Waals surface area contributed by atoms with Crippen LogP contribution in [0, 0.1) is 11.6 Å². The fourth-order valence-electron chi connectivity index (χ4n) is 4.53. The summed E-state index contributed by atoms with van der Waals surface area (Å²) in [6, 6.07) is 14.0. The first-order chi connectivity index (χ1) is 20.2. The molecule has 3 aromatic carbocycles. The molecule has 0 radical (unpaired) electrons. The highest BCUT2D eigenvalue weighted by atomic mass is 35.5. The standard InChI is InChI=1S/C32H34Cl2F2N4O3/c1-32(2,21-9-12-23(33)26(17-21)42-6)30-28(19-7-10-22(35)11-8-19)38-27(39-30)18-43-29-24(34)15-20(16-25(29)36)31(41)37-13-14-40(3,4)5/h7-12,15-17H,13-14,18H2,1-6H3,(H-,37,38,39,41)/p+1. The molecule has 0 aliphatic heterocycles. The lowest BCUT2D eigenvalue weighted by Crippen LogP contribution is -2.41. The Kier molecular flexibility index (Phi) is 9.69. The van der Waals surface area contributed by atoms with E-state index in [2.05, 4.69) is 10.3 Å². The number of H-pyrrole nitrogens is 1. The Morgan fingerprint density at radius 3 is 2.35 bits per heavy atom. The summed E-state index contributed by atoms with van der Waals surface area (Å²) in [4.78, 5) is 20.6. The number of likely N-dealkylation sites (N-methyl/N-ethyl adjacent to an activating group) is 1. The molecule has 0 bridgehead atoms. The molecule has 0 fully saturated rings. The van der Waals surface area contributed by atoms with Gasteiger partial charge in [-0.1, -0.05) is 43.1 Å².